The predicted octanol–water partition coefficient (Wildman–Crippen LogP) is 3.94. The van der Waals surface area contributed by atoms with Crippen molar-refractivity contribution in [3.63, 3.8) is 0 Å². The van der Waals surface area contributed by atoms with Crippen molar-refractivity contribution in [3.05, 3.63) is 71.3 Å². The molecule has 1 heterocycles. The summed E-state index contributed by atoms with van der Waals surface area (Å²) in [6, 6.07) is 13.0. The molecule has 0 spiro atoms. The lowest BCUT2D eigenvalue weighted by atomic mass is 10.1. The molecule has 0 unspecified atom stereocenters. The molecule has 0 aromatic heterocycles. The molecule has 3 rings (SSSR count). The van der Waals surface area contributed by atoms with Crippen LogP contribution in [0.15, 0.2) is 60.0 Å². The molecule has 2 aromatic carbocycles. The van der Waals surface area contributed by atoms with Crippen LogP contribution in [0.25, 0.3) is 0 Å². The first kappa shape index (κ1) is 18.5. The van der Waals surface area contributed by atoms with Crippen molar-refractivity contribution in [1.29, 1.82) is 0 Å². The Kier molecular flexibility index (Phi) is 6.01. The maximum absolute atomic E-state index is 12.5. The van der Waals surface area contributed by atoms with Crippen molar-refractivity contribution in [3.8, 4) is 0 Å². The van der Waals surface area contributed by atoms with Gasteiger partial charge in [0.15, 0.2) is 0 Å². The molecule has 1 N–H and O–H groups in total. The second kappa shape index (κ2) is 8.43. The molecule has 0 saturated carbocycles. The summed E-state index contributed by atoms with van der Waals surface area (Å²) in [5.41, 5.74) is 2.43. The summed E-state index contributed by atoms with van der Waals surface area (Å²) in [6.07, 6.45) is 2.42. The zero-order valence-corrected chi connectivity index (χ0v) is 15.8. The lowest BCUT2D eigenvalue weighted by molar-refractivity contribution is -0.116. The highest BCUT2D eigenvalue weighted by Gasteiger charge is 2.24. The molecule has 0 fully saturated rings. The van der Waals surface area contributed by atoms with Gasteiger partial charge in [0, 0.05) is 28.6 Å². The Bertz CT molecular complexity index is 836. The van der Waals surface area contributed by atoms with Gasteiger partial charge in [-0.1, -0.05) is 29.8 Å². The molecule has 2 amide bonds. The number of nitrogens with one attached hydrogen (secondary N) is 1. The number of nitrogens with zero attached hydrogens (tertiary/aromatic N) is 1. The molecule has 134 valence electrons. The molecular weight excluding hydrogens is 368 g/mol. The maximum Gasteiger partial charge on any atom is 0.251 e. The number of anilines is 1. The van der Waals surface area contributed by atoms with E-state index in [9.17, 15) is 9.59 Å². The van der Waals surface area contributed by atoms with Crippen LogP contribution in [-0.4, -0.2) is 30.7 Å². The van der Waals surface area contributed by atoms with Crippen LogP contribution in [0.1, 0.15) is 15.9 Å². The van der Waals surface area contributed by atoms with Crippen molar-refractivity contribution < 1.29 is 9.59 Å². The molecule has 0 bridgehead atoms. The molecule has 2 aromatic rings. The molecule has 1 aliphatic rings. The van der Waals surface area contributed by atoms with Gasteiger partial charge in [-0.2, -0.15) is 0 Å². The largest absolute Gasteiger partial charge is 0.352 e. The first-order valence-corrected chi connectivity index (χ1v) is 9.65. The number of hydrogen-bond acceptors (Lipinski definition) is 3. The first-order valence-electron chi connectivity index (χ1n) is 8.29. The third kappa shape index (κ3) is 4.29. The highest BCUT2D eigenvalue weighted by molar-refractivity contribution is 8.00. The highest BCUT2D eigenvalue weighted by atomic mass is 35.5. The third-order valence-corrected chi connectivity index (χ3v) is 5.39. The summed E-state index contributed by atoms with van der Waals surface area (Å²) in [5, 5.41) is 3.62. The normalized spacial score (nSPS) is 13.3. The van der Waals surface area contributed by atoms with E-state index >= 15 is 0 Å². The molecule has 0 atom stereocenters. The Labute approximate surface area is 162 Å². The minimum Gasteiger partial charge on any atom is -0.352 e. The minimum absolute atomic E-state index is 0.0303. The molecule has 6 heteroatoms. The van der Waals surface area contributed by atoms with Crippen LogP contribution in [-0.2, 0) is 11.2 Å². The lowest BCUT2D eigenvalue weighted by Gasteiger charge is -2.28. The lowest BCUT2D eigenvalue weighted by Crippen LogP contribution is -2.35. The van der Waals surface area contributed by atoms with Crippen molar-refractivity contribution in [2.45, 2.75) is 11.3 Å². The van der Waals surface area contributed by atoms with Crippen LogP contribution >= 0.6 is 23.4 Å². The average molecular weight is 387 g/mol. The fourth-order valence-corrected chi connectivity index (χ4v) is 3.79. The number of carbonyl (C=O) groups excluding carboxylic acids is 2. The van der Waals surface area contributed by atoms with E-state index in [1.54, 1.807) is 23.1 Å². The van der Waals surface area contributed by atoms with Gasteiger partial charge in [-0.25, -0.2) is 0 Å². The molecule has 0 radical (unpaired) electrons. The van der Waals surface area contributed by atoms with E-state index in [4.69, 9.17) is 11.6 Å². The maximum atomic E-state index is 12.5. The molecule has 1 aliphatic heterocycles. The number of hydrogen-bond donors (Lipinski definition) is 1. The van der Waals surface area contributed by atoms with Crippen LogP contribution in [0.5, 0.6) is 0 Å². The number of carbonyl (C=O) groups is 2. The van der Waals surface area contributed by atoms with Gasteiger partial charge in [0.1, 0.15) is 0 Å². The second-order valence-corrected chi connectivity index (χ2v) is 7.35. The summed E-state index contributed by atoms with van der Waals surface area (Å²) < 4.78 is 0. The fraction of sp³-hybridized carbons (Fsp3) is 0.200. The molecule has 4 nitrogen and oxygen atoms in total. The van der Waals surface area contributed by atoms with Gasteiger partial charge in [-0.3, -0.25) is 9.59 Å². The third-order valence-electron chi connectivity index (χ3n) is 4.09. The summed E-state index contributed by atoms with van der Waals surface area (Å²) >= 11 is 7.37. The summed E-state index contributed by atoms with van der Waals surface area (Å²) in [5.74, 6) is 0.291. The minimum atomic E-state index is -0.150. The van der Waals surface area contributed by atoms with E-state index in [1.807, 2.05) is 30.3 Å². The summed E-state index contributed by atoms with van der Waals surface area (Å²) in [7, 11) is 0. The Balaban J connectivity index is 1.67. The van der Waals surface area contributed by atoms with E-state index in [0.717, 1.165) is 22.6 Å². The van der Waals surface area contributed by atoms with Gasteiger partial charge in [-0.15, -0.1) is 18.3 Å². The Morgan fingerprint density at radius 3 is 2.77 bits per heavy atom. The van der Waals surface area contributed by atoms with Crippen LogP contribution in [0, 0.1) is 0 Å². The SMILES string of the molecule is C=CCN1C(=O)CSc2ccc(C(=O)NCCc3ccc(Cl)cc3)cc21. The van der Waals surface area contributed by atoms with Crippen LogP contribution < -0.4 is 10.2 Å². The number of halogens is 1. The number of rotatable bonds is 6. The second-order valence-electron chi connectivity index (χ2n) is 5.90. The molecule has 0 aliphatic carbocycles. The molecule has 26 heavy (non-hydrogen) atoms. The fourth-order valence-electron chi connectivity index (χ4n) is 2.75. The van der Waals surface area contributed by atoms with Gasteiger partial charge < -0.3 is 10.2 Å². The van der Waals surface area contributed by atoms with Crippen molar-refractivity contribution in [2.75, 3.05) is 23.7 Å². The summed E-state index contributed by atoms with van der Waals surface area (Å²) in [6.45, 7) is 4.67. The molecular formula is C20H19ClN2O2S. The zero-order chi connectivity index (χ0) is 18.5. The Hall–Kier alpha value is -2.24. The van der Waals surface area contributed by atoms with E-state index in [-0.39, 0.29) is 11.8 Å². The van der Waals surface area contributed by atoms with Gasteiger partial charge in [-0.05, 0) is 42.3 Å². The van der Waals surface area contributed by atoms with E-state index in [0.29, 0.717) is 29.4 Å². The van der Waals surface area contributed by atoms with E-state index in [1.165, 1.54) is 11.8 Å². The number of benzene rings is 2. The van der Waals surface area contributed by atoms with Crippen molar-refractivity contribution >= 4 is 40.9 Å². The smallest absolute Gasteiger partial charge is 0.251 e. The van der Waals surface area contributed by atoms with Crippen LogP contribution in [0.3, 0.4) is 0 Å². The number of amides is 2. The van der Waals surface area contributed by atoms with Crippen molar-refractivity contribution in [1.82, 2.24) is 5.32 Å². The summed E-state index contributed by atoms with van der Waals surface area (Å²) in [4.78, 5) is 27.3. The van der Waals surface area contributed by atoms with Gasteiger partial charge in [0.05, 0.1) is 11.4 Å². The van der Waals surface area contributed by atoms with E-state index in [2.05, 4.69) is 11.9 Å². The van der Waals surface area contributed by atoms with Gasteiger partial charge in [0.2, 0.25) is 5.91 Å². The quantitative estimate of drug-likeness (QED) is 0.765. The van der Waals surface area contributed by atoms with Gasteiger partial charge in [0.25, 0.3) is 5.91 Å². The van der Waals surface area contributed by atoms with Crippen molar-refractivity contribution in [2.24, 2.45) is 0 Å². The Morgan fingerprint density at radius 1 is 1.27 bits per heavy atom. The van der Waals surface area contributed by atoms with Gasteiger partial charge >= 0.3 is 0 Å². The first-order chi connectivity index (χ1) is 12.6. The number of thioether (sulfide) groups is 1. The molecule has 0 saturated heterocycles. The topological polar surface area (TPSA) is 49.4 Å². The standard InChI is InChI=1S/C20H19ClN2O2S/c1-2-11-23-17-12-15(5-8-18(17)26-13-19(23)24)20(25)22-10-9-14-3-6-16(21)7-4-14/h2-8,12H,1,9-11,13H2,(H,22,25). The van der Waals surface area contributed by atoms with Crippen LogP contribution in [0.2, 0.25) is 5.02 Å². The zero-order valence-electron chi connectivity index (χ0n) is 14.2. The monoisotopic (exact) mass is 386 g/mol. The number of fused-ring (bicyclic) bond motifs is 1. The van der Waals surface area contributed by atoms with Crippen LogP contribution in [0.4, 0.5) is 5.69 Å². The average Bonchev–Trinajstić information content (AvgIpc) is 2.65. The predicted molar refractivity (Wildman–Crippen MR) is 107 cm³/mol. The van der Waals surface area contributed by atoms with E-state index < -0.39 is 0 Å². The highest BCUT2D eigenvalue weighted by Crippen LogP contribution is 2.35. The Morgan fingerprint density at radius 2 is 2.04 bits per heavy atom.